The van der Waals surface area contributed by atoms with Gasteiger partial charge in [-0.3, -0.25) is 13.8 Å². The maximum atomic E-state index is 12.8. The van der Waals surface area contributed by atoms with E-state index < -0.39 is 20.0 Å². The SMILES string of the molecule is CC/C=C\C/C=C\C/C=C\C/C=C\C/C=C\C/C=C\CCC(=O)NC(COP(=O)(O)OCC[N+](C)(C)C)C(O)/C=C/CCCCCCCCCC. The standard InChI is InChI=1S/C42H73N2O6P/c1-6-8-10-12-14-16-18-19-20-21-22-23-24-25-26-28-30-32-34-36-42(46)43-40(39-50-51(47,48)49-38-37-44(3,4)5)41(45)35-33-31-29-27-17-15-13-11-9-7-2/h8,10,14,16,19-20,22-23,25-26,30,32-33,35,40-41,45H,6-7,9,11-13,15,17-18,21,24,27-29,31,34,36-39H2,1-5H3,(H-,43,46,47,48)/p+1/b10-8-,16-14-,20-19-,23-22-,26-25-,32-30-,35-33+. The lowest BCUT2D eigenvalue weighted by Crippen LogP contribution is -2.45. The van der Waals surface area contributed by atoms with Crippen LogP contribution in [0, 0.1) is 0 Å². The number of aliphatic hydroxyl groups excluding tert-OH is 1. The van der Waals surface area contributed by atoms with E-state index in [0.29, 0.717) is 17.4 Å². The normalized spacial score (nSPS) is 15.5. The Morgan fingerprint density at radius 2 is 1.18 bits per heavy atom. The lowest BCUT2D eigenvalue weighted by molar-refractivity contribution is -0.870. The number of unbranched alkanes of at least 4 members (excludes halogenated alkanes) is 8. The van der Waals surface area contributed by atoms with Crippen molar-refractivity contribution in [1.29, 1.82) is 0 Å². The molecule has 0 spiro atoms. The van der Waals surface area contributed by atoms with Crippen molar-refractivity contribution in [1.82, 2.24) is 5.32 Å². The quantitative estimate of drug-likeness (QED) is 0.0268. The molecule has 3 unspecified atom stereocenters. The highest BCUT2D eigenvalue weighted by Gasteiger charge is 2.27. The maximum absolute atomic E-state index is 12.8. The van der Waals surface area contributed by atoms with Gasteiger partial charge in [0.05, 0.1) is 39.9 Å². The molecule has 0 saturated heterocycles. The second-order valence-electron chi connectivity index (χ2n) is 13.9. The molecule has 0 aliphatic rings. The lowest BCUT2D eigenvalue weighted by atomic mass is 10.1. The summed E-state index contributed by atoms with van der Waals surface area (Å²) in [5.74, 6) is -0.266. The van der Waals surface area contributed by atoms with Gasteiger partial charge in [-0.1, -0.05) is 144 Å². The van der Waals surface area contributed by atoms with Crippen LogP contribution in [0.3, 0.4) is 0 Å². The van der Waals surface area contributed by atoms with Crippen molar-refractivity contribution in [3.8, 4) is 0 Å². The molecule has 0 rings (SSSR count). The summed E-state index contributed by atoms with van der Waals surface area (Å²) in [4.78, 5) is 22.9. The fourth-order valence-electron chi connectivity index (χ4n) is 4.77. The van der Waals surface area contributed by atoms with Crippen LogP contribution < -0.4 is 5.32 Å². The number of hydrogen-bond acceptors (Lipinski definition) is 5. The first-order valence-corrected chi connectivity index (χ1v) is 21.0. The number of hydrogen-bond donors (Lipinski definition) is 3. The molecule has 292 valence electrons. The van der Waals surface area contributed by atoms with Crippen LogP contribution in [0.25, 0.3) is 0 Å². The number of phosphoric ester groups is 1. The Kier molecular flexibility index (Phi) is 32.0. The van der Waals surface area contributed by atoms with E-state index >= 15 is 0 Å². The van der Waals surface area contributed by atoms with Crippen molar-refractivity contribution < 1.29 is 32.9 Å². The predicted molar refractivity (Wildman–Crippen MR) is 216 cm³/mol. The third kappa shape index (κ3) is 35.9. The molecule has 0 aromatic heterocycles. The first-order valence-electron chi connectivity index (χ1n) is 19.5. The highest BCUT2D eigenvalue weighted by atomic mass is 31.2. The van der Waals surface area contributed by atoms with Crippen LogP contribution in [-0.4, -0.2) is 73.4 Å². The van der Waals surface area contributed by atoms with Crippen LogP contribution in [0.4, 0.5) is 0 Å². The van der Waals surface area contributed by atoms with E-state index in [1.807, 2.05) is 39.4 Å². The van der Waals surface area contributed by atoms with E-state index in [9.17, 15) is 19.4 Å². The molecule has 51 heavy (non-hydrogen) atoms. The molecule has 8 nitrogen and oxygen atoms in total. The number of phosphoric acid groups is 1. The molecule has 0 aliphatic heterocycles. The number of aliphatic hydroxyl groups is 1. The predicted octanol–water partition coefficient (Wildman–Crippen LogP) is 10.2. The Morgan fingerprint density at radius 3 is 1.69 bits per heavy atom. The smallest absolute Gasteiger partial charge is 0.387 e. The molecule has 9 heteroatoms. The van der Waals surface area contributed by atoms with Gasteiger partial charge in [0, 0.05) is 6.42 Å². The summed E-state index contributed by atoms with van der Waals surface area (Å²) < 4.78 is 23.4. The molecule has 0 aliphatic carbocycles. The van der Waals surface area contributed by atoms with Gasteiger partial charge in [-0.15, -0.1) is 0 Å². The number of allylic oxidation sites excluding steroid dienone is 13. The van der Waals surface area contributed by atoms with Crippen LogP contribution in [0.2, 0.25) is 0 Å². The molecule has 0 aromatic rings. The molecule has 0 radical (unpaired) electrons. The Hall–Kier alpha value is -2.32. The van der Waals surface area contributed by atoms with Gasteiger partial charge in [-0.2, -0.15) is 0 Å². The fourth-order valence-corrected chi connectivity index (χ4v) is 5.50. The molecule has 0 fully saturated rings. The third-order valence-electron chi connectivity index (χ3n) is 7.88. The summed E-state index contributed by atoms with van der Waals surface area (Å²) in [6.45, 7) is 4.58. The summed E-state index contributed by atoms with van der Waals surface area (Å²) in [6.07, 6.45) is 45.2. The van der Waals surface area contributed by atoms with Crippen molar-refractivity contribution in [3.05, 3.63) is 85.1 Å². The van der Waals surface area contributed by atoms with Gasteiger partial charge in [0.15, 0.2) is 0 Å². The van der Waals surface area contributed by atoms with Crippen molar-refractivity contribution in [2.24, 2.45) is 0 Å². The minimum Gasteiger partial charge on any atom is -0.387 e. The Morgan fingerprint density at radius 1 is 0.686 bits per heavy atom. The number of carbonyl (C=O) groups excluding carboxylic acids is 1. The fraction of sp³-hybridized carbons (Fsp3) is 0.643. The summed E-state index contributed by atoms with van der Waals surface area (Å²) in [7, 11) is 1.51. The van der Waals surface area contributed by atoms with Crippen LogP contribution in [0.1, 0.15) is 123 Å². The first kappa shape index (κ1) is 48.7. The topological polar surface area (TPSA) is 105 Å². The van der Waals surface area contributed by atoms with Gasteiger partial charge in [0.25, 0.3) is 0 Å². The molecule has 0 aromatic carbocycles. The Labute approximate surface area is 312 Å². The lowest BCUT2D eigenvalue weighted by Gasteiger charge is -2.25. The van der Waals surface area contributed by atoms with E-state index in [1.54, 1.807) is 6.08 Å². The average Bonchev–Trinajstić information content (AvgIpc) is 3.07. The Bertz CT molecular complexity index is 1100. The molecule has 0 saturated carbocycles. The van der Waals surface area contributed by atoms with Gasteiger partial charge in [0.2, 0.25) is 5.91 Å². The zero-order valence-electron chi connectivity index (χ0n) is 32.8. The number of nitrogens with zero attached hydrogens (tertiary/aromatic N) is 1. The molecular weight excluding hydrogens is 659 g/mol. The van der Waals surface area contributed by atoms with Crippen molar-refractivity contribution in [2.75, 3.05) is 40.9 Å². The summed E-state index contributed by atoms with van der Waals surface area (Å²) in [5.41, 5.74) is 0. The molecule has 0 bridgehead atoms. The van der Waals surface area contributed by atoms with E-state index in [4.69, 9.17) is 9.05 Å². The van der Waals surface area contributed by atoms with E-state index in [0.717, 1.165) is 57.8 Å². The zero-order valence-corrected chi connectivity index (χ0v) is 33.7. The number of amides is 1. The van der Waals surface area contributed by atoms with Gasteiger partial charge in [-0.25, -0.2) is 4.57 Å². The van der Waals surface area contributed by atoms with Crippen LogP contribution in [-0.2, 0) is 18.4 Å². The highest BCUT2D eigenvalue weighted by Crippen LogP contribution is 2.43. The van der Waals surface area contributed by atoms with Crippen LogP contribution in [0.15, 0.2) is 85.1 Å². The monoisotopic (exact) mass is 734 g/mol. The molecule has 1 amide bonds. The zero-order chi connectivity index (χ0) is 37.9. The van der Waals surface area contributed by atoms with Crippen LogP contribution >= 0.6 is 7.82 Å². The third-order valence-corrected chi connectivity index (χ3v) is 8.87. The molecular formula is C42H74N2O6P+. The first-order chi connectivity index (χ1) is 24.5. The minimum atomic E-state index is -4.35. The van der Waals surface area contributed by atoms with Gasteiger partial charge in [-0.05, 0) is 57.8 Å². The number of carbonyl (C=O) groups is 1. The second kappa shape index (κ2) is 33.5. The number of quaternary nitrogens is 1. The molecule has 3 N–H and O–H groups in total. The number of rotatable bonds is 33. The maximum Gasteiger partial charge on any atom is 0.472 e. The van der Waals surface area contributed by atoms with Gasteiger partial charge < -0.3 is 19.8 Å². The van der Waals surface area contributed by atoms with Crippen molar-refractivity contribution >= 4 is 13.7 Å². The van der Waals surface area contributed by atoms with Crippen LogP contribution in [0.5, 0.6) is 0 Å². The van der Waals surface area contributed by atoms with E-state index in [1.165, 1.54) is 38.5 Å². The van der Waals surface area contributed by atoms with Gasteiger partial charge >= 0.3 is 7.82 Å². The largest absolute Gasteiger partial charge is 0.472 e. The Balaban J connectivity index is 4.64. The summed E-state index contributed by atoms with van der Waals surface area (Å²) >= 11 is 0. The summed E-state index contributed by atoms with van der Waals surface area (Å²) in [5, 5.41) is 13.7. The highest BCUT2D eigenvalue weighted by molar-refractivity contribution is 7.47. The van der Waals surface area contributed by atoms with Crippen molar-refractivity contribution in [2.45, 2.75) is 135 Å². The van der Waals surface area contributed by atoms with Gasteiger partial charge in [0.1, 0.15) is 13.2 Å². The van der Waals surface area contributed by atoms with E-state index in [2.05, 4.69) is 79.9 Å². The second-order valence-corrected chi connectivity index (χ2v) is 15.4. The van der Waals surface area contributed by atoms with E-state index in [-0.39, 0.29) is 25.5 Å². The number of likely N-dealkylation sites (N-methyl/N-ethyl adjacent to an activating group) is 1. The molecule has 3 atom stereocenters. The average molecular weight is 734 g/mol. The molecule has 0 heterocycles. The minimum absolute atomic E-state index is 0.0430. The van der Waals surface area contributed by atoms with Crippen molar-refractivity contribution in [3.63, 3.8) is 0 Å². The summed E-state index contributed by atoms with van der Waals surface area (Å²) in [6, 6.07) is -0.889. The number of nitrogens with one attached hydrogen (secondary N) is 1.